The summed E-state index contributed by atoms with van der Waals surface area (Å²) in [6.45, 7) is 7.60. The van der Waals surface area contributed by atoms with Crippen molar-refractivity contribution in [2.45, 2.75) is 39.3 Å². The first kappa shape index (κ1) is 9.52. The lowest BCUT2D eigenvalue weighted by atomic mass is 10.0. The third kappa shape index (κ3) is 1.22. The highest BCUT2D eigenvalue weighted by molar-refractivity contribution is 5.81. The predicted molar refractivity (Wildman–Crippen MR) is 48.7 cm³/mol. The van der Waals surface area contributed by atoms with Crippen LogP contribution in [0.15, 0.2) is 0 Å². The fourth-order valence-electron chi connectivity index (χ4n) is 2.03. The van der Waals surface area contributed by atoms with Gasteiger partial charge in [0.2, 0.25) is 5.91 Å². The smallest absolute Gasteiger partial charge is 0.238 e. The minimum absolute atomic E-state index is 0.0498. The van der Waals surface area contributed by atoms with Gasteiger partial charge in [0.15, 0.2) is 0 Å². The number of rotatable bonds is 3. The second kappa shape index (κ2) is 3.44. The van der Waals surface area contributed by atoms with Crippen LogP contribution in [0.1, 0.15) is 33.6 Å². The van der Waals surface area contributed by atoms with Crippen LogP contribution in [0, 0.1) is 0 Å². The maximum absolute atomic E-state index is 11.4. The van der Waals surface area contributed by atoms with E-state index in [2.05, 4.69) is 19.2 Å². The van der Waals surface area contributed by atoms with Gasteiger partial charge in [0.1, 0.15) is 0 Å². The first-order valence-corrected chi connectivity index (χ1v) is 4.75. The standard InChI is InChI=1S/C9H18N2O/c1-4-9(5-2)10-7-8(12)11(9)6-3/h10H,4-7H2,1-3H3. The van der Waals surface area contributed by atoms with E-state index in [0.717, 1.165) is 19.4 Å². The first-order valence-electron chi connectivity index (χ1n) is 4.75. The molecule has 3 nitrogen and oxygen atoms in total. The van der Waals surface area contributed by atoms with Crippen molar-refractivity contribution in [2.24, 2.45) is 0 Å². The average Bonchev–Trinajstić information content (AvgIpc) is 2.43. The summed E-state index contributed by atoms with van der Waals surface area (Å²) in [5, 5.41) is 3.30. The van der Waals surface area contributed by atoms with E-state index < -0.39 is 0 Å². The number of carbonyl (C=O) groups is 1. The number of likely N-dealkylation sites (N-methyl/N-ethyl adjacent to an activating group) is 1. The molecule has 12 heavy (non-hydrogen) atoms. The Morgan fingerprint density at radius 1 is 1.42 bits per heavy atom. The molecule has 0 aromatic carbocycles. The third-order valence-electron chi connectivity index (χ3n) is 2.87. The highest BCUT2D eigenvalue weighted by Gasteiger charge is 2.40. The molecule has 0 radical (unpaired) electrons. The lowest BCUT2D eigenvalue weighted by molar-refractivity contribution is -0.130. The van der Waals surface area contributed by atoms with Gasteiger partial charge in [0.05, 0.1) is 12.2 Å². The summed E-state index contributed by atoms with van der Waals surface area (Å²) in [6.07, 6.45) is 1.98. The molecule has 1 amide bonds. The van der Waals surface area contributed by atoms with Gasteiger partial charge in [-0.2, -0.15) is 0 Å². The lowest BCUT2D eigenvalue weighted by Gasteiger charge is -2.36. The van der Waals surface area contributed by atoms with Gasteiger partial charge in [-0.3, -0.25) is 10.1 Å². The predicted octanol–water partition coefficient (Wildman–Crippen LogP) is 0.954. The van der Waals surface area contributed by atoms with E-state index in [1.54, 1.807) is 0 Å². The molecule has 1 fully saturated rings. The maximum atomic E-state index is 11.4. The first-order chi connectivity index (χ1) is 5.70. The van der Waals surface area contributed by atoms with Gasteiger partial charge in [-0.05, 0) is 19.8 Å². The van der Waals surface area contributed by atoms with Gasteiger partial charge in [0, 0.05) is 6.54 Å². The molecule has 70 valence electrons. The molecule has 1 aliphatic rings. The van der Waals surface area contributed by atoms with Crippen molar-refractivity contribution in [3.63, 3.8) is 0 Å². The Morgan fingerprint density at radius 3 is 2.33 bits per heavy atom. The van der Waals surface area contributed by atoms with Gasteiger partial charge in [-0.15, -0.1) is 0 Å². The van der Waals surface area contributed by atoms with Crippen LogP contribution in [0.4, 0.5) is 0 Å². The Bertz CT molecular complexity index is 175. The second-order valence-corrected chi connectivity index (χ2v) is 3.23. The molecule has 0 saturated carbocycles. The zero-order chi connectivity index (χ0) is 9.19. The van der Waals surface area contributed by atoms with E-state index in [1.807, 2.05) is 11.8 Å². The van der Waals surface area contributed by atoms with E-state index in [0.29, 0.717) is 6.54 Å². The minimum atomic E-state index is -0.0498. The van der Waals surface area contributed by atoms with Crippen molar-refractivity contribution in [1.29, 1.82) is 0 Å². The van der Waals surface area contributed by atoms with Crippen LogP contribution in [0.5, 0.6) is 0 Å². The molecule has 3 heteroatoms. The molecular formula is C9H18N2O. The fourth-order valence-corrected chi connectivity index (χ4v) is 2.03. The van der Waals surface area contributed by atoms with Gasteiger partial charge >= 0.3 is 0 Å². The molecule has 1 N–H and O–H groups in total. The van der Waals surface area contributed by atoms with Crippen LogP contribution in [0.3, 0.4) is 0 Å². The van der Waals surface area contributed by atoms with E-state index in [1.165, 1.54) is 0 Å². The van der Waals surface area contributed by atoms with Crippen LogP contribution in [0.25, 0.3) is 0 Å². The van der Waals surface area contributed by atoms with Gasteiger partial charge in [-0.1, -0.05) is 13.8 Å². The number of amides is 1. The molecule has 0 aromatic rings. The molecule has 0 aromatic heterocycles. The minimum Gasteiger partial charge on any atom is -0.324 e. The van der Waals surface area contributed by atoms with Crippen LogP contribution in [-0.2, 0) is 4.79 Å². The Labute approximate surface area is 74.1 Å². The van der Waals surface area contributed by atoms with Crippen molar-refractivity contribution in [2.75, 3.05) is 13.1 Å². The van der Waals surface area contributed by atoms with Crippen LogP contribution in [0.2, 0.25) is 0 Å². The zero-order valence-electron chi connectivity index (χ0n) is 8.18. The van der Waals surface area contributed by atoms with Crippen molar-refractivity contribution in [3.05, 3.63) is 0 Å². The SMILES string of the molecule is CCN1C(=O)CNC1(CC)CC. The summed E-state index contributed by atoms with van der Waals surface area (Å²) >= 11 is 0. The van der Waals surface area contributed by atoms with Crippen molar-refractivity contribution in [1.82, 2.24) is 10.2 Å². The normalized spacial score (nSPS) is 21.9. The summed E-state index contributed by atoms with van der Waals surface area (Å²) in [5.74, 6) is 0.237. The maximum Gasteiger partial charge on any atom is 0.238 e. The van der Waals surface area contributed by atoms with Gasteiger partial charge in [0.25, 0.3) is 0 Å². The molecule has 0 atom stereocenters. The molecule has 1 saturated heterocycles. The molecule has 1 heterocycles. The number of hydrogen-bond acceptors (Lipinski definition) is 2. The van der Waals surface area contributed by atoms with Crippen molar-refractivity contribution >= 4 is 5.91 Å². The molecule has 0 bridgehead atoms. The third-order valence-corrected chi connectivity index (χ3v) is 2.87. The monoisotopic (exact) mass is 170 g/mol. The summed E-state index contributed by atoms with van der Waals surface area (Å²) in [5.41, 5.74) is -0.0498. The fraction of sp³-hybridized carbons (Fsp3) is 0.889. The highest BCUT2D eigenvalue weighted by Crippen LogP contribution is 2.24. The summed E-state index contributed by atoms with van der Waals surface area (Å²) in [4.78, 5) is 13.4. The molecule has 1 rings (SSSR count). The Kier molecular flexibility index (Phi) is 2.73. The lowest BCUT2D eigenvalue weighted by Crippen LogP contribution is -2.51. The van der Waals surface area contributed by atoms with E-state index in [4.69, 9.17) is 0 Å². The topological polar surface area (TPSA) is 32.3 Å². The Balaban J connectivity index is 2.81. The summed E-state index contributed by atoms with van der Waals surface area (Å²) in [6, 6.07) is 0. The average molecular weight is 170 g/mol. The van der Waals surface area contributed by atoms with Crippen LogP contribution >= 0.6 is 0 Å². The van der Waals surface area contributed by atoms with E-state index in [9.17, 15) is 4.79 Å². The summed E-state index contributed by atoms with van der Waals surface area (Å²) < 4.78 is 0. The van der Waals surface area contributed by atoms with Crippen LogP contribution < -0.4 is 5.32 Å². The number of nitrogens with one attached hydrogen (secondary N) is 1. The van der Waals surface area contributed by atoms with E-state index in [-0.39, 0.29) is 11.6 Å². The zero-order valence-corrected chi connectivity index (χ0v) is 8.18. The number of hydrogen-bond donors (Lipinski definition) is 1. The van der Waals surface area contributed by atoms with Crippen molar-refractivity contribution < 1.29 is 4.79 Å². The number of carbonyl (C=O) groups excluding carboxylic acids is 1. The molecule has 0 unspecified atom stereocenters. The highest BCUT2D eigenvalue weighted by atomic mass is 16.2. The quantitative estimate of drug-likeness (QED) is 0.684. The van der Waals surface area contributed by atoms with Crippen LogP contribution in [-0.4, -0.2) is 29.6 Å². The summed E-state index contributed by atoms with van der Waals surface area (Å²) in [7, 11) is 0. The molecular weight excluding hydrogens is 152 g/mol. The molecule has 0 aliphatic carbocycles. The van der Waals surface area contributed by atoms with E-state index >= 15 is 0 Å². The van der Waals surface area contributed by atoms with Crippen molar-refractivity contribution in [3.8, 4) is 0 Å². The second-order valence-electron chi connectivity index (χ2n) is 3.23. The Hall–Kier alpha value is -0.570. The molecule has 0 spiro atoms. The number of nitrogens with zero attached hydrogens (tertiary/aromatic N) is 1. The Morgan fingerprint density at radius 2 is 2.00 bits per heavy atom. The largest absolute Gasteiger partial charge is 0.324 e. The van der Waals surface area contributed by atoms with Gasteiger partial charge < -0.3 is 4.90 Å². The molecule has 1 aliphatic heterocycles. The van der Waals surface area contributed by atoms with Gasteiger partial charge in [-0.25, -0.2) is 0 Å².